The third-order valence-electron chi connectivity index (χ3n) is 2.72. The van der Waals surface area contributed by atoms with Crippen molar-refractivity contribution in [3.05, 3.63) is 24.3 Å². The molecule has 0 aliphatic carbocycles. The van der Waals surface area contributed by atoms with Gasteiger partial charge in [0.1, 0.15) is 5.75 Å². The van der Waals surface area contributed by atoms with Crippen molar-refractivity contribution >= 4 is 17.4 Å². The van der Waals surface area contributed by atoms with Crippen LogP contribution in [-0.4, -0.2) is 31.6 Å². The number of nitrogens with one attached hydrogen (secondary N) is 1. The molecule has 0 bridgehead atoms. The Morgan fingerprint density at radius 3 is 2.36 bits per heavy atom. The summed E-state index contributed by atoms with van der Waals surface area (Å²) in [5.41, 5.74) is 2.50. The second-order valence-corrected chi connectivity index (χ2v) is 4.32. The molecule has 8 heteroatoms. The summed E-state index contributed by atoms with van der Waals surface area (Å²) in [6.07, 6.45) is -4.76. The predicted octanol–water partition coefficient (Wildman–Crippen LogP) is 3.22. The first-order valence-electron chi connectivity index (χ1n) is 6.47. The van der Waals surface area contributed by atoms with Gasteiger partial charge in [0.25, 0.3) is 0 Å². The minimum atomic E-state index is -4.76. The molecular weight excluding hydrogens is 301 g/mol. The highest BCUT2D eigenvalue weighted by atomic mass is 19.4. The molecule has 1 aromatic carbocycles. The highest BCUT2D eigenvalue weighted by molar-refractivity contribution is 6.02. The summed E-state index contributed by atoms with van der Waals surface area (Å²) >= 11 is 0. The number of hydrazone groups is 1. The van der Waals surface area contributed by atoms with Gasteiger partial charge in [0.15, 0.2) is 5.92 Å². The molecule has 1 rings (SSSR count). The summed E-state index contributed by atoms with van der Waals surface area (Å²) in [4.78, 5) is 11.5. The van der Waals surface area contributed by atoms with Crippen LogP contribution in [0.1, 0.15) is 13.8 Å². The van der Waals surface area contributed by atoms with Gasteiger partial charge in [0.2, 0.25) is 0 Å². The average molecular weight is 318 g/mol. The van der Waals surface area contributed by atoms with Gasteiger partial charge in [-0.15, -0.1) is 0 Å². The predicted molar refractivity (Wildman–Crippen MR) is 75.9 cm³/mol. The summed E-state index contributed by atoms with van der Waals surface area (Å²) in [5.74, 6) is -3.16. The van der Waals surface area contributed by atoms with Crippen LogP contribution in [-0.2, 0) is 9.53 Å². The number of anilines is 1. The fourth-order valence-electron chi connectivity index (χ4n) is 1.65. The number of carbonyl (C=O) groups is 1. The zero-order valence-electron chi connectivity index (χ0n) is 12.4. The first-order valence-corrected chi connectivity index (χ1v) is 6.47. The van der Waals surface area contributed by atoms with Gasteiger partial charge >= 0.3 is 12.1 Å². The number of esters is 1. The van der Waals surface area contributed by atoms with E-state index in [4.69, 9.17) is 4.74 Å². The molecule has 0 spiro atoms. The molecule has 1 N–H and O–H groups in total. The Kier molecular flexibility index (Phi) is 6.21. The maximum atomic E-state index is 12.9. The minimum Gasteiger partial charge on any atom is -0.497 e. The van der Waals surface area contributed by atoms with E-state index in [2.05, 4.69) is 15.3 Å². The van der Waals surface area contributed by atoms with E-state index in [9.17, 15) is 18.0 Å². The molecule has 1 unspecified atom stereocenters. The third-order valence-corrected chi connectivity index (χ3v) is 2.72. The minimum absolute atomic E-state index is 0.134. The Labute approximate surface area is 126 Å². The van der Waals surface area contributed by atoms with Gasteiger partial charge in [0.05, 0.1) is 25.1 Å². The lowest BCUT2D eigenvalue weighted by molar-refractivity contribution is -0.184. The molecule has 1 atom stereocenters. The topological polar surface area (TPSA) is 59.9 Å². The molecule has 0 saturated heterocycles. The smallest absolute Gasteiger partial charge is 0.407 e. The lowest BCUT2D eigenvalue weighted by Crippen LogP contribution is -2.38. The van der Waals surface area contributed by atoms with E-state index in [0.29, 0.717) is 11.4 Å². The van der Waals surface area contributed by atoms with Crippen molar-refractivity contribution in [1.29, 1.82) is 0 Å². The maximum Gasteiger partial charge on any atom is 0.407 e. The van der Waals surface area contributed by atoms with Crippen LogP contribution in [0.15, 0.2) is 29.4 Å². The Bertz CT molecular complexity index is 527. The lowest BCUT2D eigenvalue weighted by atomic mass is 10.0. The van der Waals surface area contributed by atoms with E-state index in [0.717, 1.165) is 6.92 Å². The Hall–Kier alpha value is -2.25. The number of rotatable bonds is 6. The van der Waals surface area contributed by atoms with Gasteiger partial charge in [-0.05, 0) is 38.1 Å². The van der Waals surface area contributed by atoms with Crippen LogP contribution >= 0.6 is 0 Å². The summed E-state index contributed by atoms with van der Waals surface area (Å²) in [7, 11) is 1.50. The third kappa shape index (κ3) is 4.94. The van der Waals surface area contributed by atoms with Gasteiger partial charge in [-0.3, -0.25) is 10.2 Å². The maximum absolute atomic E-state index is 12.9. The van der Waals surface area contributed by atoms with Crippen molar-refractivity contribution in [3.63, 3.8) is 0 Å². The Morgan fingerprint density at radius 2 is 1.91 bits per heavy atom. The number of carbonyl (C=O) groups excluding carboxylic acids is 1. The van der Waals surface area contributed by atoms with Crippen LogP contribution in [0.4, 0.5) is 18.9 Å². The van der Waals surface area contributed by atoms with E-state index < -0.39 is 23.8 Å². The summed E-state index contributed by atoms with van der Waals surface area (Å²) in [6.45, 7) is 2.42. The van der Waals surface area contributed by atoms with Crippen LogP contribution in [0, 0.1) is 5.92 Å². The average Bonchev–Trinajstić information content (AvgIpc) is 2.44. The van der Waals surface area contributed by atoms with Crippen molar-refractivity contribution in [2.75, 3.05) is 19.1 Å². The zero-order valence-corrected chi connectivity index (χ0v) is 12.4. The number of alkyl halides is 3. The van der Waals surface area contributed by atoms with E-state index in [1.165, 1.54) is 14.0 Å². The van der Waals surface area contributed by atoms with Gasteiger partial charge in [-0.1, -0.05) is 0 Å². The molecule has 0 heterocycles. The molecule has 22 heavy (non-hydrogen) atoms. The Balaban J connectivity index is 2.87. The van der Waals surface area contributed by atoms with Crippen LogP contribution in [0.3, 0.4) is 0 Å². The number of ether oxygens (including phenoxy) is 2. The molecule has 0 aliphatic heterocycles. The molecular formula is C14H17F3N2O3. The summed E-state index contributed by atoms with van der Waals surface area (Å²) in [5, 5.41) is 3.63. The highest BCUT2D eigenvalue weighted by Gasteiger charge is 2.48. The van der Waals surface area contributed by atoms with Crippen LogP contribution in [0.25, 0.3) is 0 Å². The number of hydrogen-bond donors (Lipinski definition) is 1. The van der Waals surface area contributed by atoms with E-state index >= 15 is 0 Å². The number of benzene rings is 1. The van der Waals surface area contributed by atoms with Gasteiger partial charge in [-0.25, -0.2) is 0 Å². The molecule has 122 valence electrons. The van der Waals surface area contributed by atoms with Crippen molar-refractivity contribution in [2.45, 2.75) is 20.0 Å². The van der Waals surface area contributed by atoms with E-state index in [1.807, 2.05) is 0 Å². The van der Waals surface area contributed by atoms with Crippen LogP contribution in [0.5, 0.6) is 5.75 Å². The molecule has 0 fully saturated rings. The number of methoxy groups -OCH3 is 1. The monoisotopic (exact) mass is 318 g/mol. The SMILES string of the molecule is CCOC(=O)C(C(C)=NNc1ccc(OC)cc1)C(F)(F)F. The largest absolute Gasteiger partial charge is 0.497 e. The molecule has 0 amide bonds. The number of nitrogens with zero attached hydrogens (tertiary/aromatic N) is 1. The zero-order chi connectivity index (χ0) is 16.8. The first-order chi connectivity index (χ1) is 10.3. The van der Waals surface area contributed by atoms with Crippen LogP contribution < -0.4 is 10.2 Å². The number of halogens is 3. The molecule has 0 saturated carbocycles. The van der Waals surface area contributed by atoms with Gasteiger partial charge in [0, 0.05) is 0 Å². The molecule has 0 aromatic heterocycles. The van der Waals surface area contributed by atoms with Gasteiger partial charge < -0.3 is 9.47 Å². The van der Waals surface area contributed by atoms with Crippen molar-refractivity contribution in [3.8, 4) is 5.75 Å². The highest BCUT2D eigenvalue weighted by Crippen LogP contribution is 2.29. The van der Waals surface area contributed by atoms with Crippen molar-refractivity contribution in [1.82, 2.24) is 0 Å². The summed E-state index contributed by atoms with van der Waals surface area (Å²) < 4.78 is 48.2. The van der Waals surface area contributed by atoms with Crippen molar-refractivity contribution in [2.24, 2.45) is 11.0 Å². The fourth-order valence-corrected chi connectivity index (χ4v) is 1.65. The summed E-state index contributed by atoms with van der Waals surface area (Å²) in [6, 6.07) is 6.42. The van der Waals surface area contributed by atoms with Crippen molar-refractivity contribution < 1.29 is 27.4 Å². The molecule has 0 radical (unpaired) electrons. The van der Waals surface area contributed by atoms with Gasteiger partial charge in [-0.2, -0.15) is 18.3 Å². The molecule has 5 nitrogen and oxygen atoms in total. The molecule has 1 aromatic rings. The van der Waals surface area contributed by atoms with E-state index in [-0.39, 0.29) is 6.61 Å². The number of hydrogen-bond acceptors (Lipinski definition) is 5. The molecule has 0 aliphatic rings. The van der Waals surface area contributed by atoms with Crippen LogP contribution in [0.2, 0.25) is 0 Å². The quantitative estimate of drug-likeness (QED) is 0.497. The normalized spacial score (nSPS) is 13.5. The van der Waals surface area contributed by atoms with E-state index in [1.54, 1.807) is 24.3 Å². The standard InChI is InChI=1S/C14H17F3N2O3/c1-4-22-13(20)12(14(15,16)17)9(2)18-19-10-5-7-11(21-3)8-6-10/h5-8,12,19H,4H2,1-3H3. The first kappa shape index (κ1) is 17.8. The lowest BCUT2D eigenvalue weighted by Gasteiger charge is -2.18. The fraction of sp³-hybridized carbons (Fsp3) is 0.429. The second kappa shape index (κ2) is 7.67. The Morgan fingerprint density at radius 1 is 1.32 bits per heavy atom. The second-order valence-electron chi connectivity index (χ2n) is 4.32.